The molecule has 1 aliphatic heterocycles. The summed E-state index contributed by atoms with van der Waals surface area (Å²) in [4.78, 5) is 13.8. The maximum atomic E-state index is 11.4. The molecular formula is C11H23N3OS. The van der Waals surface area contributed by atoms with Crippen LogP contribution in [0.25, 0.3) is 0 Å². The fourth-order valence-corrected chi connectivity index (χ4v) is 2.52. The molecule has 1 fully saturated rings. The van der Waals surface area contributed by atoms with Gasteiger partial charge in [-0.25, -0.2) is 0 Å². The van der Waals surface area contributed by atoms with Crippen molar-refractivity contribution >= 4 is 17.7 Å². The second-order valence-electron chi connectivity index (χ2n) is 4.34. The monoisotopic (exact) mass is 245 g/mol. The highest BCUT2D eigenvalue weighted by molar-refractivity contribution is 7.99. The fourth-order valence-electron chi connectivity index (χ4n) is 1.54. The number of hydrogen-bond acceptors (Lipinski definition) is 4. The van der Waals surface area contributed by atoms with Crippen molar-refractivity contribution in [2.75, 3.05) is 44.2 Å². The van der Waals surface area contributed by atoms with E-state index in [1.807, 2.05) is 25.6 Å². The second kappa shape index (κ2) is 7.92. The van der Waals surface area contributed by atoms with Crippen LogP contribution in [0.1, 0.15) is 13.8 Å². The molecule has 0 bridgehead atoms. The zero-order valence-corrected chi connectivity index (χ0v) is 11.1. The smallest absolute Gasteiger partial charge is 0.234 e. The highest BCUT2D eigenvalue weighted by atomic mass is 32.2. The van der Waals surface area contributed by atoms with Crippen LogP contribution < -0.4 is 10.6 Å². The number of carbonyl (C=O) groups is 1. The Bertz CT molecular complexity index is 205. The highest BCUT2D eigenvalue weighted by Gasteiger charge is 2.09. The van der Waals surface area contributed by atoms with Gasteiger partial charge in [0.2, 0.25) is 5.91 Å². The van der Waals surface area contributed by atoms with Gasteiger partial charge in [0.25, 0.3) is 0 Å². The molecule has 1 aliphatic rings. The quantitative estimate of drug-likeness (QED) is 0.699. The molecule has 0 aliphatic carbocycles. The fraction of sp³-hybridized carbons (Fsp3) is 0.909. The summed E-state index contributed by atoms with van der Waals surface area (Å²) in [5, 5.41) is 6.04. The lowest BCUT2D eigenvalue weighted by atomic mass is 10.4. The number of rotatable bonds is 6. The number of nitrogens with zero attached hydrogens (tertiary/aromatic N) is 1. The van der Waals surface area contributed by atoms with Gasteiger partial charge >= 0.3 is 0 Å². The summed E-state index contributed by atoms with van der Waals surface area (Å²) in [5.74, 6) is 2.55. The first-order valence-electron chi connectivity index (χ1n) is 5.98. The first-order valence-corrected chi connectivity index (χ1v) is 7.14. The van der Waals surface area contributed by atoms with Crippen molar-refractivity contribution in [3.63, 3.8) is 0 Å². The molecule has 5 heteroatoms. The van der Waals surface area contributed by atoms with Gasteiger partial charge in [0.05, 0.1) is 6.54 Å². The summed E-state index contributed by atoms with van der Waals surface area (Å²) in [6.07, 6.45) is 0. The lowest BCUT2D eigenvalue weighted by Crippen LogP contribution is -2.42. The van der Waals surface area contributed by atoms with Crippen molar-refractivity contribution in [1.82, 2.24) is 15.5 Å². The van der Waals surface area contributed by atoms with Crippen molar-refractivity contribution in [3.05, 3.63) is 0 Å². The van der Waals surface area contributed by atoms with Crippen molar-refractivity contribution < 1.29 is 4.79 Å². The Morgan fingerprint density at radius 1 is 1.38 bits per heavy atom. The number of amides is 1. The van der Waals surface area contributed by atoms with E-state index in [0.717, 1.165) is 26.2 Å². The molecular weight excluding hydrogens is 222 g/mol. The molecule has 0 aromatic heterocycles. The van der Waals surface area contributed by atoms with Crippen LogP contribution in [0.4, 0.5) is 0 Å². The molecule has 0 saturated carbocycles. The molecule has 1 heterocycles. The molecule has 94 valence electrons. The molecule has 0 aromatic carbocycles. The Balaban J connectivity index is 1.99. The third-order valence-electron chi connectivity index (χ3n) is 2.52. The largest absolute Gasteiger partial charge is 0.354 e. The van der Waals surface area contributed by atoms with Gasteiger partial charge in [0.15, 0.2) is 0 Å². The molecule has 0 aromatic rings. The predicted octanol–water partition coefficient (Wildman–Crippen LogP) is 0.149. The maximum absolute atomic E-state index is 11.4. The Hall–Kier alpha value is -0.260. The van der Waals surface area contributed by atoms with Crippen LogP contribution in [-0.2, 0) is 4.79 Å². The van der Waals surface area contributed by atoms with Crippen LogP contribution in [0.3, 0.4) is 0 Å². The van der Waals surface area contributed by atoms with E-state index in [1.54, 1.807) is 0 Å². The molecule has 2 N–H and O–H groups in total. The van der Waals surface area contributed by atoms with Gasteiger partial charge in [-0.3, -0.25) is 9.69 Å². The SMILES string of the molecule is CC(C)NCC(=O)NCCN1CCSCC1. The Morgan fingerprint density at radius 3 is 2.69 bits per heavy atom. The average molecular weight is 245 g/mol. The second-order valence-corrected chi connectivity index (χ2v) is 5.56. The summed E-state index contributed by atoms with van der Waals surface area (Å²) in [6, 6.07) is 0.366. The molecule has 1 rings (SSSR count). The van der Waals surface area contributed by atoms with Crippen molar-refractivity contribution in [2.24, 2.45) is 0 Å². The lowest BCUT2D eigenvalue weighted by Gasteiger charge is -2.26. The van der Waals surface area contributed by atoms with Crippen molar-refractivity contribution in [2.45, 2.75) is 19.9 Å². The molecule has 0 radical (unpaired) electrons. The number of nitrogens with one attached hydrogen (secondary N) is 2. The molecule has 0 unspecified atom stereocenters. The highest BCUT2D eigenvalue weighted by Crippen LogP contribution is 2.07. The summed E-state index contributed by atoms with van der Waals surface area (Å²) in [5.41, 5.74) is 0. The molecule has 0 atom stereocenters. The van der Waals surface area contributed by atoms with Gasteiger partial charge in [-0.2, -0.15) is 11.8 Å². The molecule has 16 heavy (non-hydrogen) atoms. The number of thioether (sulfide) groups is 1. The van der Waals surface area contributed by atoms with E-state index < -0.39 is 0 Å². The minimum atomic E-state index is 0.0973. The first kappa shape index (κ1) is 13.8. The maximum Gasteiger partial charge on any atom is 0.234 e. The van der Waals surface area contributed by atoms with E-state index in [-0.39, 0.29) is 5.91 Å². The summed E-state index contributed by atoms with van der Waals surface area (Å²) in [6.45, 7) is 8.57. The number of hydrogen-bond donors (Lipinski definition) is 2. The van der Waals surface area contributed by atoms with Gasteiger partial charge in [0.1, 0.15) is 0 Å². The van der Waals surface area contributed by atoms with Gasteiger partial charge in [-0.15, -0.1) is 0 Å². The molecule has 1 saturated heterocycles. The molecule has 4 nitrogen and oxygen atoms in total. The predicted molar refractivity (Wildman–Crippen MR) is 69.9 cm³/mol. The normalized spacial score (nSPS) is 17.7. The van der Waals surface area contributed by atoms with Crippen molar-refractivity contribution in [3.8, 4) is 0 Å². The van der Waals surface area contributed by atoms with Crippen LogP contribution >= 0.6 is 11.8 Å². The lowest BCUT2D eigenvalue weighted by molar-refractivity contribution is -0.120. The van der Waals surface area contributed by atoms with Crippen LogP contribution in [-0.4, -0.2) is 61.1 Å². The summed E-state index contributed by atoms with van der Waals surface area (Å²) in [7, 11) is 0. The first-order chi connectivity index (χ1) is 7.68. The summed E-state index contributed by atoms with van der Waals surface area (Å²) >= 11 is 2.01. The molecule has 1 amide bonds. The van der Waals surface area contributed by atoms with E-state index in [4.69, 9.17) is 0 Å². The van der Waals surface area contributed by atoms with Crippen LogP contribution in [0.5, 0.6) is 0 Å². The zero-order chi connectivity index (χ0) is 11.8. The van der Waals surface area contributed by atoms with Crippen molar-refractivity contribution in [1.29, 1.82) is 0 Å². The average Bonchev–Trinajstić information content (AvgIpc) is 2.28. The van der Waals surface area contributed by atoms with Gasteiger partial charge < -0.3 is 10.6 Å². The van der Waals surface area contributed by atoms with E-state index in [2.05, 4.69) is 15.5 Å². The van der Waals surface area contributed by atoms with Crippen LogP contribution in [0.15, 0.2) is 0 Å². The van der Waals surface area contributed by atoms with E-state index >= 15 is 0 Å². The minimum Gasteiger partial charge on any atom is -0.354 e. The van der Waals surface area contributed by atoms with Crippen LogP contribution in [0, 0.1) is 0 Å². The van der Waals surface area contributed by atoms with Gasteiger partial charge in [-0.1, -0.05) is 13.8 Å². The third kappa shape index (κ3) is 6.35. The number of carbonyl (C=O) groups excluding carboxylic acids is 1. The van der Waals surface area contributed by atoms with Gasteiger partial charge in [0, 0.05) is 43.7 Å². The third-order valence-corrected chi connectivity index (χ3v) is 3.47. The zero-order valence-electron chi connectivity index (χ0n) is 10.3. The van der Waals surface area contributed by atoms with E-state index in [1.165, 1.54) is 11.5 Å². The summed E-state index contributed by atoms with van der Waals surface area (Å²) < 4.78 is 0. The van der Waals surface area contributed by atoms with E-state index in [0.29, 0.717) is 12.6 Å². The Kier molecular flexibility index (Phi) is 6.84. The minimum absolute atomic E-state index is 0.0973. The Labute approximate surface area is 103 Å². The van der Waals surface area contributed by atoms with Gasteiger partial charge in [-0.05, 0) is 0 Å². The standard InChI is InChI=1S/C11H23N3OS/c1-10(2)13-9-11(15)12-3-4-14-5-7-16-8-6-14/h10,13H,3-9H2,1-2H3,(H,12,15). The van der Waals surface area contributed by atoms with E-state index in [9.17, 15) is 4.79 Å². The molecule has 0 spiro atoms. The van der Waals surface area contributed by atoms with Crippen LogP contribution in [0.2, 0.25) is 0 Å². The topological polar surface area (TPSA) is 44.4 Å². The Morgan fingerprint density at radius 2 is 2.06 bits per heavy atom.